The fraction of sp³-hybridized carbons (Fsp3) is 0.188. The van der Waals surface area contributed by atoms with Crippen molar-refractivity contribution in [1.29, 1.82) is 0 Å². The van der Waals surface area contributed by atoms with Gasteiger partial charge in [0.1, 0.15) is 23.9 Å². The van der Waals surface area contributed by atoms with E-state index in [1.54, 1.807) is 25.5 Å². The third-order valence-corrected chi connectivity index (χ3v) is 6.99. The topological polar surface area (TPSA) is 112 Å². The van der Waals surface area contributed by atoms with Crippen molar-refractivity contribution in [2.24, 2.45) is 0 Å². The van der Waals surface area contributed by atoms with Crippen LogP contribution >= 0.6 is 0 Å². The number of likely N-dealkylation sites (N-methyl/N-ethyl adjacent to an activating group) is 1. The maximum Gasteiger partial charge on any atom is 0.224 e. The van der Waals surface area contributed by atoms with E-state index in [2.05, 4.69) is 30.5 Å². The number of rotatable bonds is 9. The summed E-state index contributed by atoms with van der Waals surface area (Å²) in [7, 11) is 3.92. The van der Waals surface area contributed by atoms with Crippen molar-refractivity contribution in [2.75, 3.05) is 32.6 Å². The number of H-pyrrole nitrogens is 2. The maximum atomic E-state index is 14.6. The standard InChI is InChI=1S/C32H30FN7O2/c1-4-30(41)36-23-12-21(17-34-18-23)19-5-6-28-25(14-19)32(39-38-28)29-16-26-27(37-29)7-8-35-31(26)20-11-22(33)15-24(13-20)42-10-9-40(2)3/h5-8,11-18,37H,4,9-10H2,1-3H3,(H,36,41)(H,38,39). The zero-order chi connectivity index (χ0) is 29.2. The Balaban J connectivity index is 1.36. The van der Waals surface area contributed by atoms with Gasteiger partial charge in [-0.3, -0.25) is 19.9 Å². The van der Waals surface area contributed by atoms with Crippen LogP contribution in [0.1, 0.15) is 13.3 Å². The molecular formula is C32H30FN7O2. The lowest BCUT2D eigenvalue weighted by Gasteiger charge is -2.12. The molecule has 0 aliphatic carbocycles. The van der Waals surface area contributed by atoms with E-state index in [0.29, 0.717) is 35.7 Å². The van der Waals surface area contributed by atoms with Gasteiger partial charge in [-0.05, 0) is 62.1 Å². The summed E-state index contributed by atoms with van der Waals surface area (Å²) in [5, 5.41) is 12.3. The first kappa shape index (κ1) is 27.1. The van der Waals surface area contributed by atoms with Crippen LogP contribution in [0.3, 0.4) is 0 Å². The molecule has 212 valence electrons. The van der Waals surface area contributed by atoms with E-state index in [9.17, 15) is 9.18 Å². The van der Waals surface area contributed by atoms with Gasteiger partial charge in [-0.25, -0.2) is 4.39 Å². The number of aromatic amines is 2. The molecule has 0 aliphatic heterocycles. The number of amides is 1. The summed E-state index contributed by atoms with van der Waals surface area (Å²) in [5.74, 6) is 0.00104. The van der Waals surface area contributed by atoms with Crippen LogP contribution in [0.5, 0.6) is 5.75 Å². The molecule has 0 spiro atoms. The summed E-state index contributed by atoms with van der Waals surface area (Å²) in [6.45, 7) is 2.97. The lowest BCUT2D eigenvalue weighted by molar-refractivity contribution is -0.115. The Morgan fingerprint density at radius 3 is 2.64 bits per heavy atom. The molecule has 4 aromatic heterocycles. The molecule has 0 saturated carbocycles. The minimum absolute atomic E-state index is 0.0690. The van der Waals surface area contributed by atoms with Crippen LogP contribution in [-0.4, -0.2) is 63.2 Å². The second-order valence-corrected chi connectivity index (χ2v) is 10.3. The minimum Gasteiger partial charge on any atom is -0.492 e. The lowest BCUT2D eigenvalue weighted by Crippen LogP contribution is -2.19. The van der Waals surface area contributed by atoms with Gasteiger partial charge in [-0.2, -0.15) is 5.10 Å². The molecule has 3 N–H and O–H groups in total. The SMILES string of the molecule is CCC(=O)Nc1cncc(-c2ccc3[nH]nc(-c4cc5c(-c6cc(F)cc(OCCN(C)C)c6)nccc5[nH]4)c3c2)c1. The van der Waals surface area contributed by atoms with E-state index in [1.807, 2.05) is 61.5 Å². The van der Waals surface area contributed by atoms with Gasteiger partial charge < -0.3 is 19.9 Å². The fourth-order valence-corrected chi connectivity index (χ4v) is 4.85. The summed E-state index contributed by atoms with van der Waals surface area (Å²) < 4.78 is 20.4. The first-order valence-electron chi connectivity index (χ1n) is 13.7. The number of anilines is 1. The van der Waals surface area contributed by atoms with Gasteiger partial charge in [0.15, 0.2) is 0 Å². The Labute approximate surface area is 241 Å². The first-order valence-corrected chi connectivity index (χ1v) is 13.7. The third-order valence-electron chi connectivity index (χ3n) is 6.99. The van der Waals surface area contributed by atoms with Crippen LogP contribution in [0.15, 0.2) is 73.2 Å². The van der Waals surface area contributed by atoms with Crippen molar-refractivity contribution < 1.29 is 13.9 Å². The molecule has 9 nitrogen and oxygen atoms in total. The van der Waals surface area contributed by atoms with Gasteiger partial charge in [0.25, 0.3) is 0 Å². The Bertz CT molecular complexity index is 1910. The van der Waals surface area contributed by atoms with E-state index in [1.165, 1.54) is 12.1 Å². The van der Waals surface area contributed by atoms with E-state index in [-0.39, 0.29) is 11.7 Å². The van der Waals surface area contributed by atoms with E-state index in [4.69, 9.17) is 4.74 Å². The van der Waals surface area contributed by atoms with Crippen molar-refractivity contribution in [2.45, 2.75) is 13.3 Å². The number of carbonyl (C=O) groups is 1. The molecule has 0 radical (unpaired) electrons. The molecule has 4 heterocycles. The number of nitrogens with one attached hydrogen (secondary N) is 3. The minimum atomic E-state index is -0.388. The monoisotopic (exact) mass is 563 g/mol. The average Bonchev–Trinajstić information content (AvgIpc) is 3.60. The molecule has 6 aromatic rings. The number of hydrogen-bond donors (Lipinski definition) is 3. The third kappa shape index (κ3) is 5.57. The van der Waals surface area contributed by atoms with Gasteiger partial charge >= 0.3 is 0 Å². The number of hydrogen-bond acceptors (Lipinski definition) is 6. The highest BCUT2D eigenvalue weighted by Crippen LogP contribution is 2.35. The van der Waals surface area contributed by atoms with Crippen LogP contribution in [-0.2, 0) is 4.79 Å². The van der Waals surface area contributed by atoms with Crippen LogP contribution in [0, 0.1) is 5.82 Å². The molecule has 10 heteroatoms. The highest BCUT2D eigenvalue weighted by Gasteiger charge is 2.16. The van der Waals surface area contributed by atoms with Crippen LogP contribution in [0.4, 0.5) is 10.1 Å². The Morgan fingerprint density at radius 1 is 0.952 bits per heavy atom. The summed E-state index contributed by atoms with van der Waals surface area (Å²) in [6.07, 6.45) is 5.49. The molecule has 0 atom stereocenters. The molecule has 0 unspecified atom stereocenters. The quantitative estimate of drug-likeness (QED) is 0.191. The zero-order valence-corrected chi connectivity index (χ0v) is 23.5. The van der Waals surface area contributed by atoms with Crippen molar-refractivity contribution in [1.82, 2.24) is 30.0 Å². The Kier molecular flexibility index (Phi) is 7.37. The summed E-state index contributed by atoms with van der Waals surface area (Å²) in [6, 6.07) is 16.4. The van der Waals surface area contributed by atoms with Crippen molar-refractivity contribution in [3.8, 4) is 39.5 Å². The lowest BCUT2D eigenvalue weighted by atomic mass is 10.0. The number of aromatic nitrogens is 5. The largest absolute Gasteiger partial charge is 0.492 e. The molecule has 1 amide bonds. The predicted octanol–water partition coefficient (Wildman–Crippen LogP) is 6.26. The fourth-order valence-electron chi connectivity index (χ4n) is 4.85. The van der Waals surface area contributed by atoms with E-state index < -0.39 is 0 Å². The number of nitrogens with zero attached hydrogens (tertiary/aromatic N) is 4. The summed E-state index contributed by atoms with van der Waals surface area (Å²) >= 11 is 0. The van der Waals surface area contributed by atoms with Gasteiger partial charge in [-0.1, -0.05) is 13.0 Å². The molecule has 0 saturated heterocycles. The Hall–Kier alpha value is -5.09. The van der Waals surface area contributed by atoms with Crippen molar-refractivity contribution >= 4 is 33.4 Å². The predicted molar refractivity (Wildman–Crippen MR) is 163 cm³/mol. The molecule has 0 fully saturated rings. The molecule has 0 aliphatic rings. The number of halogens is 1. The number of carbonyl (C=O) groups excluding carboxylic acids is 1. The number of benzene rings is 2. The molecule has 0 bridgehead atoms. The molecular weight excluding hydrogens is 533 g/mol. The van der Waals surface area contributed by atoms with Crippen LogP contribution in [0.25, 0.3) is 55.6 Å². The van der Waals surface area contributed by atoms with Crippen molar-refractivity contribution in [3.63, 3.8) is 0 Å². The van der Waals surface area contributed by atoms with Crippen LogP contribution < -0.4 is 10.1 Å². The highest BCUT2D eigenvalue weighted by molar-refractivity contribution is 6.01. The maximum absolute atomic E-state index is 14.6. The van der Waals surface area contributed by atoms with E-state index in [0.717, 1.165) is 50.9 Å². The van der Waals surface area contributed by atoms with Gasteiger partial charge in [0.05, 0.1) is 28.8 Å². The molecule has 6 rings (SSSR count). The summed E-state index contributed by atoms with van der Waals surface area (Å²) in [4.78, 5) is 26.2. The number of fused-ring (bicyclic) bond motifs is 2. The average molecular weight is 564 g/mol. The van der Waals surface area contributed by atoms with Gasteiger partial charge in [0.2, 0.25) is 5.91 Å². The van der Waals surface area contributed by atoms with E-state index >= 15 is 0 Å². The zero-order valence-electron chi connectivity index (χ0n) is 23.5. The number of ether oxygens (including phenoxy) is 1. The van der Waals surface area contributed by atoms with Gasteiger partial charge in [0, 0.05) is 58.8 Å². The normalized spacial score (nSPS) is 11.5. The first-order chi connectivity index (χ1) is 20.4. The second kappa shape index (κ2) is 11.4. The highest BCUT2D eigenvalue weighted by atomic mass is 19.1. The van der Waals surface area contributed by atoms with Crippen LogP contribution in [0.2, 0.25) is 0 Å². The summed E-state index contributed by atoms with van der Waals surface area (Å²) in [5.41, 5.74) is 6.98. The molecule has 42 heavy (non-hydrogen) atoms. The number of pyridine rings is 2. The second-order valence-electron chi connectivity index (χ2n) is 10.3. The molecule has 2 aromatic carbocycles. The smallest absolute Gasteiger partial charge is 0.224 e. The van der Waals surface area contributed by atoms with Gasteiger partial charge in [-0.15, -0.1) is 0 Å². The Morgan fingerprint density at radius 2 is 1.81 bits per heavy atom. The van der Waals surface area contributed by atoms with Crippen molar-refractivity contribution in [3.05, 3.63) is 79.0 Å².